The Morgan fingerprint density at radius 1 is 1.11 bits per heavy atom. The SMILES string of the molecule is NC(=NCCSC[C@H]1O[C@@H](n2cnc3c(N)ncnc32)[C@H](O)[C@@H]1O)Nc1cccc(-c2ccc(Cl)cc2)c1. The standard InChI is InChI=1S/C25H27ClN8O3S/c26-16-6-4-14(5-7-16)15-2-1-3-17(10-15)33-25(28)29-8-9-38-11-18-20(35)21(36)24(37-18)34-13-32-19-22(27)30-12-31-23(19)34/h1-7,10,12-13,18,20-21,24,35-36H,8-9,11H2,(H2,27,30,31)(H3,28,29,33)/t18-,20-,21-,24-/m1/s1. The average Bonchev–Trinajstić information content (AvgIpc) is 3.46. The van der Waals surface area contributed by atoms with Crippen LogP contribution in [0, 0.1) is 0 Å². The molecule has 3 heterocycles. The average molecular weight is 555 g/mol. The first-order valence-electron chi connectivity index (χ1n) is 11.9. The maximum Gasteiger partial charge on any atom is 0.193 e. The van der Waals surface area contributed by atoms with Gasteiger partial charge in [-0.2, -0.15) is 11.8 Å². The fourth-order valence-electron chi connectivity index (χ4n) is 4.19. The summed E-state index contributed by atoms with van der Waals surface area (Å²) in [6, 6.07) is 15.5. The lowest BCUT2D eigenvalue weighted by Crippen LogP contribution is -2.32. The molecule has 0 saturated carbocycles. The summed E-state index contributed by atoms with van der Waals surface area (Å²) >= 11 is 7.53. The fourth-order valence-corrected chi connectivity index (χ4v) is 5.21. The molecule has 0 aliphatic carbocycles. The van der Waals surface area contributed by atoms with E-state index in [0.29, 0.717) is 40.2 Å². The Balaban J connectivity index is 1.11. The van der Waals surface area contributed by atoms with E-state index in [2.05, 4.69) is 25.3 Å². The van der Waals surface area contributed by atoms with E-state index in [1.54, 1.807) is 16.3 Å². The van der Waals surface area contributed by atoms with Gasteiger partial charge in [0.2, 0.25) is 0 Å². The number of fused-ring (bicyclic) bond motifs is 1. The predicted octanol–water partition coefficient (Wildman–Crippen LogP) is 2.51. The van der Waals surface area contributed by atoms with Gasteiger partial charge < -0.3 is 31.7 Å². The number of thioether (sulfide) groups is 1. The molecule has 1 saturated heterocycles. The van der Waals surface area contributed by atoms with Crippen molar-refractivity contribution in [3.8, 4) is 11.1 Å². The minimum Gasteiger partial charge on any atom is -0.387 e. The smallest absolute Gasteiger partial charge is 0.193 e. The number of aliphatic imine (C=N–C) groups is 1. The van der Waals surface area contributed by atoms with E-state index in [9.17, 15) is 10.2 Å². The number of aliphatic hydroxyl groups is 2. The molecule has 0 unspecified atom stereocenters. The van der Waals surface area contributed by atoms with E-state index >= 15 is 0 Å². The number of imidazole rings is 1. The summed E-state index contributed by atoms with van der Waals surface area (Å²) in [6.07, 6.45) is -0.828. The van der Waals surface area contributed by atoms with Crippen LogP contribution in [-0.2, 0) is 4.74 Å². The predicted molar refractivity (Wildman–Crippen MR) is 150 cm³/mol. The quantitative estimate of drug-likeness (QED) is 0.124. The highest BCUT2D eigenvalue weighted by Crippen LogP contribution is 2.33. The van der Waals surface area contributed by atoms with Gasteiger partial charge in [0.15, 0.2) is 23.7 Å². The largest absolute Gasteiger partial charge is 0.387 e. The number of aliphatic hydroxyl groups excluding tert-OH is 2. The number of rotatable bonds is 8. The van der Waals surface area contributed by atoms with Crippen LogP contribution in [0.1, 0.15) is 6.23 Å². The van der Waals surface area contributed by atoms with E-state index in [1.165, 1.54) is 12.7 Å². The zero-order chi connectivity index (χ0) is 26.6. The van der Waals surface area contributed by atoms with Crippen LogP contribution in [0.3, 0.4) is 0 Å². The van der Waals surface area contributed by atoms with Crippen molar-refractivity contribution in [2.24, 2.45) is 10.7 Å². The Kier molecular flexibility index (Phi) is 7.95. The molecule has 1 aliphatic rings. The van der Waals surface area contributed by atoms with Crippen LogP contribution in [0.5, 0.6) is 0 Å². The summed E-state index contributed by atoms with van der Waals surface area (Å²) in [5.41, 5.74) is 15.7. The van der Waals surface area contributed by atoms with E-state index in [4.69, 9.17) is 27.8 Å². The van der Waals surface area contributed by atoms with E-state index in [0.717, 1.165) is 16.8 Å². The van der Waals surface area contributed by atoms with Crippen LogP contribution in [0.4, 0.5) is 11.5 Å². The molecule has 0 radical (unpaired) electrons. The van der Waals surface area contributed by atoms with Gasteiger partial charge in [0.05, 0.1) is 19.0 Å². The molecular formula is C25H27ClN8O3S. The van der Waals surface area contributed by atoms with Gasteiger partial charge in [-0.1, -0.05) is 35.9 Å². The molecule has 11 nitrogen and oxygen atoms in total. The monoisotopic (exact) mass is 554 g/mol. The molecule has 1 fully saturated rings. The summed E-state index contributed by atoms with van der Waals surface area (Å²) in [6.45, 7) is 0.470. The minimum atomic E-state index is -1.14. The highest BCUT2D eigenvalue weighted by molar-refractivity contribution is 7.99. The molecule has 5 rings (SSSR count). The number of nitrogens with two attached hydrogens (primary N) is 2. The summed E-state index contributed by atoms with van der Waals surface area (Å²) in [4.78, 5) is 16.7. The number of ether oxygens (including phenoxy) is 1. The zero-order valence-electron chi connectivity index (χ0n) is 20.2. The molecule has 2 aromatic heterocycles. The van der Waals surface area contributed by atoms with Crippen LogP contribution in [0.15, 0.2) is 66.2 Å². The third-order valence-corrected chi connectivity index (χ3v) is 7.40. The Hall–Kier alpha value is -3.42. The molecule has 1 aliphatic heterocycles. The topological polar surface area (TPSA) is 170 Å². The lowest BCUT2D eigenvalue weighted by Gasteiger charge is -2.16. The minimum absolute atomic E-state index is 0.234. The van der Waals surface area contributed by atoms with Crippen LogP contribution < -0.4 is 16.8 Å². The van der Waals surface area contributed by atoms with Gasteiger partial charge >= 0.3 is 0 Å². The van der Waals surface area contributed by atoms with Crippen LogP contribution in [0.2, 0.25) is 5.02 Å². The number of anilines is 2. The zero-order valence-corrected chi connectivity index (χ0v) is 21.8. The van der Waals surface area contributed by atoms with E-state index in [-0.39, 0.29) is 5.82 Å². The Labute approximate surface area is 227 Å². The second-order valence-corrected chi connectivity index (χ2v) is 10.3. The molecule has 0 spiro atoms. The molecular weight excluding hydrogens is 528 g/mol. The first-order chi connectivity index (χ1) is 18.4. The first kappa shape index (κ1) is 26.2. The first-order valence-corrected chi connectivity index (χ1v) is 13.4. The maximum absolute atomic E-state index is 10.6. The summed E-state index contributed by atoms with van der Waals surface area (Å²) in [5, 5.41) is 24.9. The van der Waals surface area contributed by atoms with Crippen molar-refractivity contribution in [3.05, 3.63) is 66.2 Å². The van der Waals surface area contributed by atoms with Gasteiger partial charge in [0.25, 0.3) is 0 Å². The maximum atomic E-state index is 10.6. The fraction of sp³-hybridized carbons (Fsp3) is 0.280. The second-order valence-electron chi connectivity index (χ2n) is 8.68. The highest BCUT2D eigenvalue weighted by atomic mass is 35.5. The lowest BCUT2D eigenvalue weighted by atomic mass is 10.1. The summed E-state index contributed by atoms with van der Waals surface area (Å²) < 4.78 is 7.52. The Bertz CT molecular complexity index is 1430. The number of nitrogens with one attached hydrogen (secondary N) is 1. The number of hydrogen-bond donors (Lipinski definition) is 5. The lowest BCUT2D eigenvalue weighted by molar-refractivity contribution is -0.0289. The molecule has 4 atom stereocenters. The highest BCUT2D eigenvalue weighted by Gasteiger charge is 2.44. The number of halogens is 1. The van der Waals surface area contributed by atoms with Crippen molar-refractivity contribution in [2.45, 2.75) is 24.5 Å². The number of nitrogen functional groups attached to an aromatic ring is 1. The van der Waals surface area contributed by atoms with E-state index in [1.807, 2.05) is 48.5 Å². The van der Waals surface area contributed by atoms with Crippen molar-refractivity contribution in [2.75, 3.05) is 29.1 Å². The second kappa shape index (κ2) is 11.5. The molecule has 13 heteroatoms. The number of hydrogen-bond acceptors (Lipinski definition) is 9. The van der Waals surface area contributed by atoms with Crippen molar-refractivity contribution < 1.29 is 14.9 Å². The summed E-state index contributed by atoms with van der Waals surface area (Å²) in [7, 11) is 0. The molecule has 0 bridgehead atoms. The van der Waals surface area contributed by atoms with Crippen molar-refractivity contribution in [3.63, 3.8) is 0 Å². The molecule has 0 amide bonds. The molecule has 2 aromatic carbocycles. The molecule has 7 N–H and O–H groups in total. The summed E-state index contributed by atoms with van der Waals surface area (Å²) in [5.74, 6) is 1.65. The van der Waals surface area contributed by atoms with Gasteiger partial charge in [-0.25, -0.2) is 15.0 Å². The van der Waals surface area contributed by atoms with Crippen molar-refractivity contribution >= 4 is 52.0 Å². The Morgan fingerprint density at radius 3 is 2.74 bits per heavy atom. The molecule has 4 aromatic rings. The van der Waals surface area contributed by atoms with Gasteiger partial charge in [0.1, 0.15) is 24.1 Å². The molecule has 198 valence electrons. The third-order valence-electron chi connectivity index (χ3n) is 6.11. The molecule has 38 heavy (non-hydrogen) atoms. The normalized spacial score (nSPS) is 21.7. The van der Waals surface area contributed by atoms with Crippen molar-refractivity contribution in [1.29, 1.82) is 0 Å². The van der Waals surface area contributed by atoms with E-state index < -0.39 is 24.5 Å². The number of benzene rings is 2. The Morgan fingerprint density at radius 2 is 1.92 bits per heavy atom. The third kappa shape index (κ3) is 5.69. The van der Waals surface area contributed by atoms with Gasteiger partial charge in [-0.15, -0.1) is 0 Å². The number of aromatic nitrogens is 4. The van der Waals surface area contributed by atoms with Crippen molar-refractivity contribution in [1.82, 2.24) is 19.5 Å². The van der Waals surface area contributed by atoms with Crippen LogP contribution in [-0.4, -0.2) is 72.1 Å². The van der Waals surface area contributed by atoms with Gasteiger partial charge in [0, 0.05) is 22.2 Å². The number of guanidine groups is 1. The van der Waals surface area contributed by atoms with Crippen LogP contribution >= 0.6 is 23.4 Å². The number of nitrogens with zero attached hydrogens (tertiary/aromatic N) is 5. The van der Waals surface area contributed by atoms with Crippen LogP contribution in [0.25, 0.3) is 22.3 Å². The van der Waals surface area contributed by atoms with Gasteiger partial charge in [-0.05, 0) is 35.4 Å². The van der Waals surface area contributed by atoms with Gasteiger partial charge in [-0.3, -0.25) is 9.56 Å².